The Morgan fingerprint density at radius 2 is 1.27 bits per heavy atom. The van der Waals surface area contributed by atoms with Gasteiger partial charge in [0.25, 0.3) is 0 Å². The van der Waals surface area contributed by atoms with Crippen molar-refractivity contribution in [3.05, 3.63) is 97.1 Å². The van der Waals surface area contributed by atoms with Gasteiger partial charge in [-0.05, 0) is 48.0 Å². The second kappa shape index (κ2) is 8.84. The summed E-state index contributed by atoms with van der Waals surface area (Å²) < 4.78 is 0. The van der Waals surface area contributed by atoms with Gasteiger partial charge in [-0.25, -0.2) is 0 Å². The van der Waals surface area contributed by atoms with E-state index in [9.17, 15) is 0 Å². The molecule has 0 atom stereocenters. The molecule has 0 heterocycles. The minimum absolute atomic E-state index is 0.891. The van der Waals surface area contributed by atoms with E-state index in [0.29, 0.717) is 0 Å². The van der Waals surface area contributed by atoms with Gasteiger partial charge >= 0.3 is 0 Å². The first-order valence-electron chi connectivity index (χ1n) is 7.91. The molecule has 0 aliphatic carbocycles. The normalized spacial score (nSPS) is 11.6. The molecule has 0 amide bonds. The summed E-state index contributed by atoms with van der Waals surface area (Å²) in [5, 5.41) is 0. The highest BCUT2D eigenvalue weighted by Gasteiger charge is 2.10. The molecule has 0 saturated heterocycles. The van der Waals surface area contributed by atoms with Crippen molar-refractivity contribution < 1.29 is 0 Å². The monoisotopic (exact) mass is 288 g/mol. The van der Waals surface area contributed by atoms with Gasteiger partial charge in [-0.2, -0.15) is 0 Å². The number of unbranched alkanes of at least 4 members (excludes halogenated alkanes) is 1. The highest BCUT2D eigenvalue weighted by molar-refractivity contribution is 5.91. The summed E-state index contributed by atoms with van der Waals surface area (Å²) in [6, 6.07) is 21.3. The van der Waals surface area contributed by atoms with Crippen LogP contribution in [0.5, 0.6) is 0 Å². The zero-order valence-corrected chi connectivity index (χ0v) is 13.2. The minimum atomic E-state index is 0.891. The summed E-state index contributed by atoms with van der Waals surface area (Å²) in [7, 11) is 0. The molecule has 0 N–H and O–H groups in total. The van der Waals surface area contributed by atoms with E-state index in [4.69, 9.17) is 0 Å². The molecule has 0 saturated carbocycles. The van der Waals surface area contributed by atoms with Crippen LogP contribution in [-0.2, 0) is 0 Å². The minimum Gasteiger partial charge on any atom is -0.103 e. The third-order valence-corrected chi connectivity index (χ3v) is 3.79. The Bertz CT molecular complexity index is 618. The van der Waals surface area contributed by atoms with Crippen molar-refractivity contribution in [2.75, 3.05) is 0 Å². The van der Waals surface area contributed by atoms with Crippen LogP contribution >= 0.6 is 0 Å². The lowest BCUT2D eigenvalue weighted by Gasteiger charge is -2.15. The lowest BCUT2D eigenvalue weighted by Crippen LogP contribution is -1.93. The number of hydrogen-bond donors (Lipinski definition) is 0. The summed E-state index contributed by atoms with van der Waals surface area (Å²) in [5.41, 5.74) is 5.41. The molecule has 2 rings (SSSR count). The Kier molecular flexibility index (Phi) is 6.44. The van der Waals surface area contributed by atoms with E-state index in [1.165, 1.54) is 22.3 Å². The van der Waals surface area contributed by atoms with Gasteiger partial charge in [0.1, 0.15) is 0 Å². The van der Waals surface area contributed by atoms with E-state index < -0.39 is 0 Å². The van der Waals surface area contributed by atoms with Crippen LogP contribution < -0.4 is 0 Å². The number of rotatable bonds is 8. The van der Waals surface area contributed by atoms with Crippen molar-refractivity contribution >= 4 is 11.1 Å². The molecule has 0 fully saturated rings. The Balaban J connectivity index is 2.49. The van der Waals surface area contributed by atoms with Crippen molar-refractivity contribution in [1.82, 2.24) is 0 Å². The van der Waals surface area contributed by atoms with Crippen molar-refractivity contribution in [3.8, 4) is 0 Å². The first-order chi connectivity index (χ1) is 10.9. The lowest BCUT2D eigenvalue weighted by atomic mass is 9.89. The van der Waals surface area contributed by atoms with E-state index in [-0.39, 0.29) is 0 Å². The molecule has 0 nitrogen and oxygen atoms in total. The maximum atomic E-state index is 3.95. The van der Waals surface area contributed by atoms with Crippen LogP contribution in [0.25, 0.3) is 11.1 Å². The zero-order valence-electron chi connectivity index (χ0n) is 13.2. The molecule has 0 radical (unpaired) electrons. The van der Waals surface area contributed by atoms with E-state index in [2.05, 4.69) is 73.8 Å². The Labute approximate surface area is 134 Å². The predicted octanol–water partition coefficient (Wildman–Crippen LogP) is 6.53. The Morgan fingerprint density at radius 1 is 0.727 bits per heavy atom. The molecule has 0 bridgehead atoms. The zero-order chi connectivity index (χ0) is 15.6. The summed E-state index contributed by atoms with van der Waals surface area (Å²) in [6.07, 6.45) is 8.13. The summed E-state index contributed by atoms with van der Waals surface area (Å²) in [6.45, 7) is 7.79. The third-order valence-electron chi connectivity index (χ3n) is 3.79. The van der Waals surface area contributed by atoms with Crippen molar-refractivity contribution in [1.29, 1.82) is 0 Å². The fourth-order valence-corrected chi connectivity index (χ4v) is 2.73. The van der Waals surface area contributed by atoms with Crippen LogP contribution in [0.4, 0.5) is 0 Å². The van der Waals surface area contributed by atoms with Crippen molar-refractivity contribution in [2.45, 2.75) is 25.7 Å². The van der Waals surface area contributed by atoms with Crippen molar-refractivity contribution in [3.63, 3.8) is 0 Å². The molecule has 0 unspecified atom stereocenters. The average Bonchev–Trinajstić information content (AvgIpc) is 2.59. The van der Waals surface area contributed by atoms with Gasteiger partial charge in [0.2, 0.25) is 0 Å². The van der Waals surface area contributed by atoms with Gasteiger partial charge < -0.3 is 0 Å². The van der Waals surface area contributed by atoms with Gasteiger partial charge in [0, 0.05) is 0 Å². The van der Waals surface area contributed by atoms with Crippen LogP contribution in [-0.4, -0.2) is 0 Å². The van der Waals surface area contributed by atoms with Crippen LogP contribution in [0, 0.1) is 0 Å². The first-order valence-corrected chi connectivity index (χ1v) is 7.91. The summed E-state index contributed by atoms with van der Waals surface area (Å²) >= 11 is 0. The largest absolute Gasteiger partial charge is 0.103 e. The molecule has 112 valence electrons. The SMILES string of the molecule is C=CCCC/C(=C(\CC=C)c1ccccc1)c1ccccc1. The standard InChI is InChI=1S/C22H24/c1-3-5-8-18-22(20-16-11-7-12-17-20)21(13-4-2)19-14-9-6-10-15-19/h3-4,6-7,9-12,14-17H,1-2,5,8,13,18H2/b22-21-. The smallest absolute Gasteiger partial charge is 0.00912 e. The summed E-state index contributed by atoms with van der Waals surface area (Å²) in [5.74, 6) is 0. The molecule has 0 aliphatic rings. The van der Waals surface area contributed by atoms with Crippen LogP contribution in [0.1, 0.15) is 36.8 Å². The van der Waals surface area contributed by atoms with Gasteiger partial charge in [-0.15, -0.1) is 13.2 Å². The number of benzene rings is 2. The first kappa shape index (κ1) is 16.0. The van der Waals surface area contributed by atoms with Gasteiger partial charge in [0.05, 0.1) is 0 Å². The van der Waals surface area contributed by atoms with E-state index in [1.54, 1.807) is 0 Å². The Hall–Kier alpha value is -2.34. The quantitative estimate of drug-likeness (QED) is 0.294. The maximum Gasteiger partial charge on any atom is -0.00912 e. The van der Waals surface area contributed by atoms with Crippen LogP contribution in [0.15, 0.2) is 86.0 Å². The average molecular weight is 288 g/mol. The predicted molar refractivity (Wildman–Crippen MR) is 98.6 cm³/mol. The highest BCUT2D eigenvalue weighted by Crippen LogP contribution is 2.32. The molecule has 0 aliphatic heterocycles. The molecule has 0 aromatic heterocycles. The lowest BCUT2D eigenvalue weighted by molar-refractivity contribution is 0.881. The van der Waals surface area contributed by atoms with Crippen molar-refractivity contribution in [2.24, 2.45) is 0 Å². The van der Waals surface area contributed by atoms with E-state index in [1.807, 2.05) is 12.2 Å². The third kappa shape index (κ3) is 4.33. The second-order valence-corrected chi connectivity index (χ2v) is 5.36. The van der Waals surface area contributed by atoms with E-state index in [0.717, 1.165) is 25.7 Å². The fraction of sp³-hybridized carbons (Fsp3) is 0.182. The highest BCUT2D eigenvalue weighted by atomic mass is 14.1. The molecule has 0 spiro atoms. The Morgan fingerprint density at radius 3 is 1.77 bits per heavy atom. The number of hydrogen-bond acceptors (Lipinski definition) is 0. The van der Waals surface area contributed by atoms with Gasteiger partial charge in [0.15, 0.2) is 0 Å². The molecular weight excluding hydrogens is 264 g/mol. The van der Waals surface area contributed by atoms with E-state index >= 15 is 0 Å². The molecular formula is C22H24. The van der Waals surface area contributed by atoms with Gasteiger partial charge in [-0.3, -0.25) is 0 Å². The maximum absolute atomic E-state index is 3.95. The molecule has 22 heavy (non-hydrogen) atoms. The topological polar surface area (TPSA) is 0 Å². The van der Waals surface area contributed by atoms with Gasteiger partial charge in [-0.1, -0.05) is 72.8 Å². The molecule has 0 heteroatoms. The fourth-order valence-electron chi connectivity index (χ4n) is 2.73. The summed E-state index contributed by atoms with van der Waals surface area (Å²) in [4.78, 5) is 0. The van der Waals surface area contributed by atoms with Crippen LogP contribution in [0.3, 0.4) is 0 Å². The molecule has 2 aromatic carbocycles. The molecule has 2 aromatic rings. The second-order valence-electron chi connectivity index (χ2n) is 5.36. The van der Waals surface area contributed by atoms with Crippen LogP contribution in [0.2, 0.25) is 0 Å². The number of allylic oxidation sites excluding steroid dienone is 4.